The maximum atomic E-state index is 5.64. The van der Waals surface area contributed by atoms with Gasteiger partial charge in [-0.3, -0.25) is 0 Å². The quantitative estimate of drug-likeness (QED) is 0.731. The van der Waals surface area contributed by atoms with E-state index < -0.39 is 0 Å². The fraction of sp³-hybridized carbons (Fsp3) is 0.455. The molecule has 0 bridgehead atoms. The van der Waals surface area contributed by atoms with Crippen molar-refractivity contribution in [3.63, 3.8) is 0 Å². The van der Waals surface area contributed by atoms with Crippen molar-refractivity contribution in [2.24, 2.45) is 0 Å². The number of nitrogens with two attached hydrogens (primary N) is 1. The van der Waals surface area contributed by atoms with Crippen LogP contribution in [0.25, 0.3) is 0 Å². The van der Waals surface area contributed by atoms with Crippen molar-refractivity contribution in [1.29, 1.82) is 0 Å². The second-order valence-corrected chi connectivity index (χ2v) is 5.03. The number of thioether (sulfide) groups is 1. The van der Waals surface area contributed by atoms with E-state index in [1.807, 2.05) is 23.9 Å². The molecular formula is C11H16N2S. The monoisotopic (exact) mass is 208 g/mol. The van der Waals surface area contributed by atoms with E-state index in [2.05, 4.69) is 17.4 Å². The highest BCUT2D eigenvalue weighted by atomic mass is 32.2. The minimum absolute atomic E-state index is 0.729. The van der Waals surface area contributed by atoms with Crippen LogP contribution in [0.1, 0.15) is 12.8 Å². The van der Waals surface area contributed by atoms with Crippen molar-refractivity contribution >= 4 is 17.4 Å². The number of hydrogen-bond donors (Lipinski definition) is 2. The predicted molar refractivity (Wildman–Crippen MR) is 62.6 cm³/mol. The van der Waals surface area contributed by atoms with E-state index in [0.29, 0.717) is 0 Å². The fourth-order valence-electron chi connectivity index (χ4n) is 1.66. The van der Waals surface area contributed by atoms with Crippen molar-refractivity contribution in [3.8, 4) is 0 Å². The number of nitrogens with one attached hydrogen (secondary N) is 1. The van der Waals surface area contributed by atoms with Gasteiger partial charge in [0.1, 0.15) is 0 Å². The van der Waals surface area contributed by atoms with E-state index in [0.717, 1.165) is 17.5 Å². The van der Waals surface area contributed by atoms with Crippen LogP contribution >= 0.6 is 11.8 Å². The maximum Gasteiger partial charge on any atom is 0.0314 e. The second-order valence-electron chi connectivity index (χ2n) is 3.66. The van der Waals surface area contributed by atoms with E-state index in [1.165, 1.54) is 24.3 Å². The molecule has 0 spiro atoms. The molecule has 1 fully saturated rings. The summed E-state index contributed by atoms with van der Waals surface area (Å²) in [6.45, 7) is 2.31. The Labute approximate surface area is 89.3 Å². The number of piperidine rings is 1. The zero-order chi connectivity index (χ0) is 9.80. The van der Waals surface area contributed by atoms with Crippen molar-refractivity contribution in [3.05, 3.63) is 24.3 Å². The molecule has 1 aliphatic heterocycles. The van der Waals surface area contributed by atoms with Gasteiger partial charge in [-0.05, 0) is 43.7 Å². The molecule has 1 atom stereocenters. The lowest BCUT2D eigenvalue weighted by atomic mass is 10.2. The Morgan fingerprint density at radius 2 is 2.07 bits per heavy atom. The average molecular weight is 208 g/mol. The van der Waals surface area contributed by atoms with Gasteiger partial charge in [0, 0.05) is 22.4 Å². The molecule has 0 aliphatic carbocycles. The standard InChI is InChI=1S/C11H16N2S/c12-9-3-5-10(6-4-9)14-11-2-1-7-13-8-11/h3-6,11,13H,1-2,7-8,12H2. The molecule has 1 saturated heterocycles. The molecule has 0 amide bonds. The summed E-state index contributed by atoms with van der Waals surface area (Å²) in [6, 6.07) is 8.15. The fourth-order valence-corrected chi connectivity index (χ4v) is 2.82. The van der Waals surface area contributed by atoms with Gasteiger partial charge in [0.2, 0.25) is 0 Å². The highest BCUT2D eigenvalue weighted by molar-refractivity contribution is 8.00. The lowest BCUT2D eigenvalue weighted by Gasteiger charge is -2.22. The smallest absolute Gasteiger partial charge is 0.0314 e. The van der Waals surface area contributed by atoms with Gasteiger partial charge in [-0.2, -0.15) is 0 Å². The van der Waals surface area contributed by atoms with Crippen LogP contribution < -0.4 is 11.1 Å². The number of rotatable bonds is 2. The first kappa shape index (κ1) is 9.87. The summed E-state index contributed by atoms with van der Waals surface area (Å²) in [7, 11) is 0. The molecule has 3 N–H and O–H groups in total. The molecular weight excluding hydrogens is 192 g/mol. The molecule has 1 aliphatic rings. The van der Waals surface area contributed by atoms with E-state index >= 15 is 0 Å². The third kappa shape index (κ3) is 2.66. The molecule has 2 rings (SSSR count). The second kappa shape index (κ2) is 4.71. The van der Waals surface area contributed by atoms with Crippen molar-refractivity contribution in [2.45, 2.75) is 23.0 Å². The Morgan fingerprint density at radius 1 is 1.29 bits per heavy atom. The molecule has 0 radical (unpaired) electrons. The molecule has 14 heavy (non-hydrogen) atoms. The van der Waals surface area contributed by atoms with Crippen LogP contribution in [0.15, 0.2) is 29.2 Å². The SMILES string of the molecule is Nc1ccc(SC2CCCNC2)cc1. The van der Waals surface area contributed by atoms with Crippen LogP contribution in [-0.2, 0) is 0 Å². The summed E-state index contributed by atoms with van der Waals surface area (Å²) in [5.74, 6) is 0. The number of nitrogen functional groups attached to an aromatic ring is 1. The minimum Gasteiger partial charge on any atom is -0.399 e. The summed E-state index contributed by atoms with van der Waals surface area (Å²) in [5, 5.41) is 4.15. The molecule has 1 aromatic carbocycles. The molecule has 0 saturated carbocycles. The predicted octanol–water partition coefficient (Wildman–Crippen LogP) is 2.11. The lowest BCUT2D eigenvalue weighted by Crippen LogP contribution is -2.31. The van der Waals surface area contributed by atoms with Crippen LogP contribution in [0.3, 0.4) is 0 Å². The summed E-state index contributed by atoms with van der Waals surface area (Å²) in [4.78, 5) is 1.33. The number of hydrogen-bond acceptors (Lipinski definition) is 3. The van der Waals surface area contributed by atoms with Gasteiger partial charge in [0.15, 0.2) is 0 Å². The first-order chi connectivity index (χ1) is 6.84. The molecule has 2 nitrogen and oxygen atoms in total. The topological polar surface area (TPSA) is 38.0 Å². The van der Waals surface area contributed by atoms with Gasteiger partial charge in [0.05, 0.1) is 0 Å². The lowest BCUT2D eigenvalue weighted by molar-refractivity contribution is 0.531. The highest BCUT2D eigenvalue weighted by Crippen LogP contribution is 2.27. The Balaban J connectivity index is 1.92. The molecule has 1 unspecified atom stereocenters. The molecule has 1 heterocycles. The van der Waals surface area contributed by atoms with Crippen molar-refractivity contribution in [1.82, 2.24) is 5.32 Å². The molecule has 76 valence electrons. The highest BCUT2D eigenvalue weighted by Gasteiger charge is 2.13. The Hall–Kier alpha value is -0.670. The van der Waals surface area contributed by atoms with Crippen LogP contribution in [0.2, 0.25) is 0 Å². The maximum absolute atomic E-state index is 5.64. The normalized spacial score (nSPS) is 22.1. The van der Waals surface area contributed by atoms with Crippen LogP contribution in [0.5, 0.6) is 0 Å². The van der Waals surface area contributed by atoms with Crippen molar-refractivity contribution in [2.75, 3.05) is 18.8 Å². The summed E-state index contributed by atoms with van der Waals surface area (Å²) < 4.78 is 0. The molecule has 3 heteroatoms. The van der Waals surface area contributed by atoms with E-state index in [9.17, 15) is 0 Å². The van der Waals surface area contributed by atoms with Gasteiger partial charge in [-0.1, -0.05) is 0 Å². The number of anilines is 1. The Bertz CT molecular complexity index is 278. The van der Waals surface area contributed by atoms with Gasteiger partial charge < -0.3 is 11.1 Å². The Kier molecular flexibility index (Phi) is 3.32. The summed E-state index contributed by atoms with van der Waals surface area (Å²) in [6.07, 6.45) is 2.62. The van der Waals surface area contributed by atoms with Crippen molar-refractivity contribution < 1.29 is 0 Å². The van der Waals surface area contributed by atoms with E-state index in [4.69, 9.17) is 5.73 Å². The van der Waals surface area contributed by atoms with E-state index in [1.54, 1.807) is 0 Å². The summed E-state index contributed by atoms with van der Waals surface area (Å²) >= 11 is 1.96. The Morgan fingerprint density at radius 3 is 2.71 bits per heavy atom. The largest absolute Gasteiger partial charge is 0.399 e. The zero-order valence-corrected chi connectivity index (χ0v) is 9.02. The van der Waals surface area contributed by atoms with Gasteiger partial charge >= 0.3 is 0 Å². The summed E-state index contributed by atoms with van der Waals surface area (Å²) in [5.41, 5.74) is 6.48. The van der Waals surface area contributed by atoms with Crippen LogP contribution in [-0.4, -0.2) is 18.3 Å². The molecule has 1 aromatic rings. The van der Waals surface area contributed by atoms with E-state index in [-0.39, 0.29) is 0 Å². The van der Waals surface area contributed by atoms with Gasteiger partial charge in [0.25, 0.3) is 0 Å². The first-order valence-corrected chi connectivity index (χ1v) is 5.95. The number of benzene rings is 1. The zero-order valence-electron chi connectivity index (χ0n) is 8.20. The van der Waals surface area contributed by atoms with Gasteiger partial charge in [-0.15, -0.1) is 11.8 Å². The average Bonchev–Trinajstić information content (AvgIpc) is 2.23. The first-order valence-electron chi connectivity index (χ1n) is 5.07. The van der Waals surface area contributed by atoms with Crippen LogP contribution in [0.4, 0.5) is 5.69 Å². The van der Waals surface area contributed by atoms with Crippen LogP contribution in [0, 0.1) is 0 Å². The van der Waals surface area contributed by atoms with Gasteiger partial charge in [-0.25, -0.2) is 0 Å². The third-order valence-electron chi connectivity index (χ3n) is 2.43. The molecule has 0 aromatic heterocycles. The third-order valence-corrected chi connectivity index (χ3v) is 3.71. The minimum atomic E-state index is 0.729.